The van der Waals surface area contributed by atoms with Gasteiger partial charge >= 0.3 is 5.97 Å². The lowest BCUT2D eigenvalue weighted by molar-refractivity contribution is 0.0600. The minimum atomic E-state index is -0.382. The molecule has 5 nitrogen and oxygen atoms in total. The molecule has 0 aromatic carbocycles. The van der Waals surface area contributed by atoms with Crippen molar-refractivity contribution in [3.8, 4) is 0 Å². The highest BCUT2D eigenvalue weighted by Crippen LogP contribution is 2.11. The quantitative estimate of drug-likeness (QED) is 0.721. The van der Waals surface area contributed by atoms with Crippen molar-refractivity contribution in [2.24, 2.45) is 0 Å². The summed E-state index contributed by atoms with van der Waals surface area (Å²) >= 11 is 3.21. The number of aromatic nitrogens is 3. The highest BCUT2D eigenvalue weighted by Gasteiger charge is 2.08. The largest absolute Gasteiger partial charge is 0.465 e. The maximum absolute atomic E-state index is 11.2. The van der Waals surface area contributed by atoms with Crippen LogP contribution in [0.5, 0.6) is 0 Å². The number of halogens is 1. The van der Waals surface area contributed by atoms with Crippen LogP contribution in [0.4, 0.5) is 0 Å². The molecule has 72 valence electrons. The molecule has 0 fully saturated rings. The molecule has 2 heterocycles. The first-order valence-electron chi connectivity index (χ1n) is 3.81. The van der Waals surface area contributed by atoms with E-state index in [-0.39, 0.29) is 5.97 Å². The van der Waals surface area contributed by atoms with Gasteiger partial charge in [-0.1, -0.05) is 0 Å². The van der Waals surface area contributed by atoms with Crippen LogP contribution in [0.2, 0.25) is 0 Å². The second kappa shape index (κ2) is 3.38. The van der Waals surface area contributed by atoms with Crippen LogP contribution in [0.1, 0.15) is 10.4 Å². The van der Waals surface area contributed by atoms with Crippen molar-refractivity contribution in [3.05, 3.63) is 28.6 Å². The summed E-state index contributed by atoms with van der Waals surface area (Å²) in [5.74, 6) is -0.382. The number of carbonyl (C=O) groups excluding carboxylic acids is 1. The molecule has 0 aliphatic heterocycles. The molecule has 0 saturated carbocycles. The topological polar surface area (TPSA) is 56.5 Å². The SMILES string of the molecule is COC(=O)c1ccc2nnc(Br)n2c1. The van der Waals surface area contributed by atoms with Gasteiger partial charge in [0, 0.05) is 6.20 Å². The van der Waals surface area contributed by atoms with Crippen LogP contribution < -0.4 is 0 Å². The van der Waals surface area contributed by atoms with E-state index < -0.39 is 0 Å². The van der Waals surface area contributed by atoms with Gasteiger partial charge in [0.1, 0.15) is 0 Å². The van der Waals surface area contributed by atoms with Crippen LogP contribution in [0.3, 0.4) is 0 Å². The second-order valence-corrected chi connectivity index (χ2v) is 3.32. The smallest absolute Gasteiger partial charge is 0.339 e. The minimum absolute atomic E-state index is 0.382. The summed E-state index contributed by atoms with van der Waals surface area (Å²) in [6.45, 7) is 0. The maximum Gasteiger partial charge on any atom is 0.339 e. The fourth-order valence-corrected chi connectivity index (χ4v) is 1.46. The Labute approximate surface area is 87.8 Å². The number of pyridine rings is 1. The van der Waals surface area contributed by atoms with Crippen LogP contribution in [0, 0.1) is 0 Å². The van der Waals surface area contributed by atoms with Gasteiger partial charge in [-0.3, -0.25) is 4.40 Å². The summed E-state index contributed by atoms with van der Waals surface area (Å²) in [6.07, 6.45) is 1.62. The van der Waals surface area contributed by atoms with E-state index in [1.807, 2.05) is 0 Å². The fourth-order valence-electron chi connectivity index (χ4n) is 1.10. The molecule has 0 aliphatic rings. The van der Waals surface area contributed by atoms with Crippen molar-refractivity contribution < 1.29 is 9.53 Å². The van der Waals surface area contributed by atoms with E-state index in [2.05, 4.69) is 30.9 Å². The maximum atomic E-state index is 11.2. The highest BCUT2D eigenvalue weighted by molar-refractivity contribution is 9.10. The lowest BCUT2D eigenvalue weighted by Crippen LogP contribution is -2.02. The van der Waals surface area contributed by atoms with E-state index in [1.165, 1.54) is 7.11 Å². The van der Waals surface area contributed by atoms with Crippen LogP contribution in [0.15, 0.2) is 23.1 Å². The average molecular weight is 256 g/mol. The Morgan fingerprint density at radius 1 is 1.50 bits per heavy atom. The number of hydrogen-bond acceptors (Lipinski definition) is 4. The van der Waals surface area contributed by atoms with Crippen LogP contribution in [-0.4, -0.2) is 27.7 Å². The standard InChI is InChI=1S/C8H6BrN3O2/c1-14-7(13)5-2-3-6-10-11-8(9)12(6)4-5/h2-4H,1H3. The third kappa shape index (κ3) is 1.37. The van der Waals surface area contributed by atoms with Gasteiger partial charge in [0.05, 0.1) is 12.7 Å². The molecule has 0 spiro atoms. The Balaban J connectivity index is 2.60. The van der Waals surface area contributed by atoms with Gasteiger partial charge < -0.3 is 4.74 Å². The Morgan fingerprint density at radius 3 is 3.00 bits per heavy atom. The Bertz CT molecular complexity index is 494. The zero-order valence-corrected chi connectivity index (χ0v) is 8.85. The van der Waals surface area contributed by atoms with Gasteiger partial charge in [0.2, 0.25) is 4.73 Å². The molecule has 0 atom stereocenters. The Morgan fingerprint density at radius 2 is 2.29 bits per heavy atom. The molecule has 2 rings (SSSR count). The van der Waals surface area contributed by atoms with Crippen LogP contribution in [0.25, 0.3) is 5.65 Å². The predicted molar refractivity (Wildman–Crippen MR) is 52.0 cm³/mol. The number of rotatable bonds is 1. The van der Waals surface area contributed by atoms with Crippen molar-refractivity contribution in [3.63, 3.8) is 0 Å². The number of esters is 1. The monoisotopic (exact) mass is 255 g/mol. The van der Waals surface area contributed by atoms with Crippen LogP contribution >= 0.6 is 15.9 Å². The molecule has 0 radical (unpaired) electrons. The van der Waals surface area contributed by atoms with E-state index in [4.69, 9.17) is 0 Å². The Kier molecular flexibility index (Phi) is 2.20. The lowest BCUT2D eigenvalue weighted by Gasteiger charge is -1.99. The van der Waals surface area contributed by atoms with E-state index in [9.17, 15) is 4.79 Å². The molecule has 0 N–H and O–H groups in total. The van der Waals surface area contributed by atoms with Gasteiger partial charge in [-0.25, -0.2) is 4.79 Å². The van der Waals surface area contributed by atoms with Gasteiger partial charge in [-0.2, -0.15) is 0 Å². The zero-order chi connectivity index (χ0) is 10.1. The molecular formula is C8H6BrN3O2. The predicted octanol–water partition coefficient (Wildman–Crippen LogP) is 1.28. The molecule has 0 bridgehead atoms. The molecule has 2 aromatic rings. The van der Waals surface area contributed by atoms with Crippen molar-refractivity contribution in [1.82, 2.24) is 14.6 Å². The summed E-state index contributed by atoms with van der Waals surface area (Å²) in [7, 11) is 1.34. The number of ether oxygens (including phenoxy) is 1. The summed E-state index contributed by atoms with van der Waals surface area (Å²) < 4.78 is 6.81. The van der Waals surface area contributed by atoms with Gasteiger partial charge in [-0.15, -0.1) is 10.2 Å². The van der Waals surface area contributed by atoms with Gasteiger partial charge in [0.25, 0.3) is 0 Å². The van der Waals surface area contributed by atoms with Crippen molar-refractivity contribution in [2.45, 2.75) is 0 Å². The zero-order valence-electron chi connectivity index (χ0n) is 7.27. The minimum Gasteiger partial charge on any atom is -0.465 e. The number of hydrogen-bond donors (Lipinski definition) is 0. The first-order chi connectivity index (χ1) is 6.72. The van der Waals surface area contributed by atoms with E-state index in [0.717, 1.165) is 0 Å². The number of nitrogens with zero attached hydrogens (tertiary/aromatic N) is 3. The molecule has 0 saturated heterocycles. The van der Waals surface area contributed by atoms with Crippen molar-refractivity contribution in [1.29, 1.82) is 0 Å². The van der Waals surface area contributed by atoms with E-state index in [1.54, 1.807) is 22.7 Å². The fraction of sp³-hybridized carbons (Fsp3) is 0.125. The first-order valence-corrected chi connectivity index (χ1v) is 4.60. The molecule has 0 aliphatic carbocycles. The van der Waals surface area contributed by atoms with Crippen molar-refractivity contribution >= 4 is 27.5 Å². The molecule has 2 aromatic heterocycles. The summed E-state index contributed by atoms with van der Waals surface area (Å²) in [5, 5.41) is 7.66. The average Bonchev–Trinajstić information content (AvgIpc) is 2.59. The van der Waals surface area contributed by atoms with Crippen LogP contribution in [-0.2, 0) is 4.74 Å². The number of carbonyl (C=O) groups is 1. The third-order valence-corrected chi connectivity index (χ3v) is 2.32. The number of methoxy groups -OCH3 is 1. The first kappa shape index (κ1) is 9.14. The summed E-state index contributed by atoms with van der Waals surface area (Å²) in [5.41, 5.74) is 1.13. The highest BCUT2D eigenvalue weighted by atomic mass is 79.9. The molecule has 0 unspecified atom stereocenters. The normalized spacial score (nSPS) is 10.4. The molecule has 14 heavy (non-hydrogen) atoms. The summed E-state index contributed by atoms with van der Waals surface area (Å²) in [4.78, 5) is 11.2. The van der Waals surface area contributed by atoms with E-state index in [0.29, 0.717) is 15.9 Å². The third-order valence-electron chi connectivity index (χ3n) is 1.78. The second-order valence-electron chi connectivity index (χ2n) is 2.61. The lowest BCUT2D eigenvalue weighted by atomic mass is 10.3. The van der Waals surface area contributed by atoms with Crippen molar-refractivity contribution in [2.75, 3.05) is 7.11 Å². The molecule has 6 heteroatoms. The number of fused-ring (bicyclic) bond motifs is 1. The molecular weight excluding hydrogens is 250 g/mol. The van der Waals surface area contributed by atoms with Gasteiger partial charge in [0.15, 0.2) is 5.65 Å². The summed E-state index contributed by atoms with van der Waals surface area (Å²) in [6, 6.07) is 3.34. The van der Waals surface area contributed by atoms with E-state index >= 15 is 0 Å². The Hall–Kier alpha value is -1.43. The molecule has 0 amide bonds. The van der Waals surface area contributed by atoms with Gasteiger partial charge in [-0.05, 0) is 28.1 Å².